The van der Waals surface area contributed by atoms with Gasteiger partial charge in [-0.05, 0) is 132 Å². The van der Waals surface area contributed by atoms with E-state index in [2.05, 4.69) is 63.2 Å². The molecule has 6 aromatic rings. The maximum absolute atomic E-state index is 14.7. The number of carbonyl (C=O) groups excluding carboxylic acids is 12. The molecule has 598 valence electrons. The fraction of sp³-hybridized carbons (Fsp3) is 0.425. The summed E-state index contributed by atoms with van der Waals surface area (Å²) in [5.74, 6) is -8.20. The van der Waals surface area contributed by atoms with Crippen LogP contribution in [0.15, 0.2) is 143 Å². The Kier molecular flexibility index (Phi) is 32.8. The van der Waals surface area contributed by atoms with E-state index in [0.29, 0.717) is 47.9 Å². The van der Waals surface area contributed by atoms with Crippen molar-refractivity contribution in [3.8, 4) is 11.5 Å². The summed E-state index contributed by atoms with van der Waals surface area (Å²) in [6.45, 7) is -0.815. The number of phenols is 2. The molecule has 0 aromatic heterocycles. The Morgan fingerprint density at radius 3 is 1.12 bits per heavy atom. The number of nitrogens with one attached hydrogen (secondary N) is 10. The molecule has 2 heterocycles. The van der Waals surface area contributed by atoms with Crippen LogP contribution in [0, 0.1) is 0 Å². The molecule has 2 fully saturated rings. The highest BCUT2D eigenvalue weighted by Crippen LogP contribution is 2.22. The van der Waals surface area contributed by atoms with Crippen molar-refractivity contribution in [3.63, 3.8) is 0 Å². The van der Waals surface area contributed by atoms with Gasteiger partial charge in [0.25, 0.3) is 0 Å². The van der Waals surface area contributed by atoms with Crippen molar-refractivity contribution in [2.24, 2.45) is 32.9 Å². The van der Waals surface area contributed by atoms with E-state index in [9.17, 15) is 67.7 Å². The molecule has 6 aromatic carbocycles. The molecule has 2 aliphatic heterocycles. The van der Waals surface area contributed by atoms with E-state index in [4.69, 9.17) is 22.9 Å². The molecule has 32 nitrogen and oxygen atoms in total. The SMILES string of the molecule is CN1C(=O)[C@@H](Cc2ccc(O)cc2)NC(=O)CNC(=O)[C@H](Cc2ccc3ccccc3c2)NC(=O)[C@H](CCCN=C(N)N)NC(=O)[C@H]1CCCNC(=O)CCCCCCC(=O)NCCC[C@@H]1C(=O)N[C@@H](CCCN=C(N)N)C(=O)N[C@@H](Cc2ccc3ccccc3c2)C(=O)NCC(=O)N[C@H](Cc2ccc(O)cc2)C(=O)N1C. The molecular formula is C80H104N18O14. The van der Waals surface area contributed by atoms with E-state index in [0.717, 1.165) is 21.5 Å². The number of amides is 12. The summed E-state index contributed by atoms with van der Waals surface area (Å²) in [4.78, 5) is 180. The lowest BCUT2D eigenvalue weighted by Gasteiger charge is -2.32. The van der Waals surface area contributed by atoms with Crippen LogP contribution in [-0.2, 0) is 83.2 Å². The van der Waals surface area contributed by atoms with Crippen LogP contribution in [0.5, 0.6) is 11.5 Å². The molecule has 12 amide bonds. The van der Waals surface area contributed by atoms with Gasteiger partial charge in [-0.25, -0.2) is 0 Å². The Balaban J connectivity index is 0.867. The third-order valence-electron chi connectivity index (χ3n) is 19.5. The molecule has 8 atom stereocenters. The molecule has 0 aliphatic carbocycles. The second-order valence-electron chi connectivity index (χ2n) is 28.2. The molecule has 2 saturated heterocycles. The van der Waals surface area contributed by atoms with Crippen molar-refractivity contribution >= 4 is 104 Å². The van der Waals surface area contributed by atoms with Gasteiger partial charge in [-0.3, -0.25) is 67.5 Å². The van der Waals surface area contributed by atoms with Crippen LogP contribution in [0.3, 0.4) is 0 Å². The number of nitrogens with zero attached hydrogens (tertiary/aromatic N) is 4. The molecular weight excluding hydrogens is 1440 g/mol. The zero-order valence-corrected chi connectivity index (χ0v) is 63.2. The summed E-state index contributed by atoms with van der Waals surface area (Å²) in [5, 5.41) is 51.4. The Morgan fingerprint density at radius 1 is 0.393 bits per heavy atom. The molecule has 0 bridgehead atoms. The molecule has 32 heteroatoms. The van der Waals surface area contributed by atoms with E-state index < -0.39 is 120 Å². The molecule has 0 spiro atoms. The first-order chi connectivity index (χ1) is 53.8. The van der Waals surface area contributed by atoms with Crippen LogP contribution in [0.25, 0.3) is 21.5 Å². The monoisotopic (exact) mass is 1540 g/mol. The fourth-order valence-electron chi connectivity index (χ4n) is 13.4. The normalized spacial score (nSPS) is 20.0. The number of guanidine groups is 2. The molecule has 0 unspecified atom stereocenters. The van der Waals surface area contributed by atoms with Crippen LogP contribution in [-0.4, -0.2) is 205 Å². The number of fused-ring (bicyclic) bond motifs is 2. The molecule has 2 aliphatic rings. The number of likely N-dealkylation sites (N-methyl/N-ethyl adjacent to an activating group) is 2. The van der Waals surface area contributed by atoms with Crippen LogP contribution < -0.4 is 76.1 Å². The van der Waals surface area contributed by atoms with Crippen LogP contribution in [0.2, 0.25) is 0 Å². The van der Waals surface area contributed by atoms with Gasteiger partial charge in [0.05, 0.1) is 13.1 Å². The molecule has 112 heavy (non-hydrogen) atoms. The van der Waals surface area contributed by atoms with Gasteiger partial charge in [0, 0.05) is 78.8 Å². The summed E-state index contributed by atoms with van der Waals surface area (Å²) in [7, 11) is 2.79. The largest absolute Gasteiger partial charge is 0.508 e. The lowest BCUT2D eigenvalue weighted by Crippen LogP contribution is -2.58. The van der Waals surface area contributed by atoms with Crippen molar-refractivity contribution < 1.29 is 67.7 Å². The lowest BCUT2D eigenvalue weighted by molar-refractivity contribution is -0.142. The number of rotatable bonds is 31. The average molecular weight is 1540 g/mol. The third kappa shape index (κ3) is 27.3. The molecule has 20 N–H and O–H groups in total. The first-order valence-corrected chi connectivity index (χ1v) is 37.8. The quantitative estimate of drug-likeness (QED) is 0.0162. The maximum atomic E-state index is 14.7. The van der Waals surface area contributed by atoms with Crippen molar-refractivity contribution in [2.75, 3.05) is 53.4 Å². The van der Waals surface area contributed by atoms with Crippen molar-refractivity contribution in [1.29, 1.82) is 0 Å². The van der Waals surface area contributed by atoms with E-state index in [1.165, 1.54) is 48.2 Å². The average Bonchev–Trinajstić information content (AvgIpc) is 1.06. The summed E-state index contributed by atoms with van der Waals surface area (Å²) in [5.41, 5.74) is 24.9. The highest BCUT2D eigenvalue weighted by Gasteiger charge is 2.38. The number of hydrogen-bond donors (Lipinski definition) is 16. The number of carbonyl (C=O) groups is 12. The Bertz CT molecular complexity index is 4070. The van der Waals surface area contributed by atoms with Crippen molar-refractivity contribution in [2.45, 2.75) is 164 Å². The second kappa shape index (κ2) is 43.1. The minimum absolute atomic E-state index is 0.00000663. The van der Waals surface area contributed by atoms with Gasteiger partial charge < -0.3 is 96.1 Å². The fourth-order valence-corrected chi connectivity index (χ4v) is 13.4. The van der Waals surface area contributed by atoms with Gasteiger partial charge in [0.2, 0.25) is 70.9 Å². The standard InChI is InChI=1S/C80H104N18O14/c1-97-65(75(109)93-59(19-11-39-87-79(81)82)73(107)95-61(45-51-25-31-53-15-7-9-17-55(53)41-51)71(105)89-47-69(103)91-63(77(97)111)43-49-27-33-57(99)34-28-49)21-13-37-85-67(101)23-5-3-4-6-24-68(102)86-38-14-22-66-76(110)94-60(20-12-40-88-80(83)84)74(108)96-62(46-52-26-32-54-16-8-10-18-56(54)42-52)72(106)90-48-70(104)92-64(78(112)98(66)2)44-50-29-35-58(100)36-30-50/h7-10,15-18,25-36,41-42,59-66,99-100H,3-6,11-14,19-24,37-40,43-48H2,1-2H3,(H,85,101)(H,86,102)(H,89,105)(H,90,106)(H,91,103)(H,92,104)(H,93,109)(H,94,110)(H,95,107)(H,96,108)(H4,81,82,87)(H4,83,84,88)/t59-,60-,61-,62-,63+,64+,65+,66+/m0/s1. The Labute approximate surface area is 649 Å². The summed E-state index contributed by atoms with van der Waals surface area (Å²) >= 11 is 0. The molecule has 0 radical (unpaired) electrons. The first kappa shape index (κ1) is 85.2. The predicted octanol–water partition coefficient (Wildman–Crippen LogP) is 0.738. The Hall–Kier alpha value is -12.4. The highest BCUT2D eigenvalue weighted by atomic mass is 16.3. The molecule has 0 saturated carbocycles. The molecule has 8 rings (SSSR count). The highest BCUT2D eigenvalue weighted by molar-refractivity contribution is 5.99. The zero-order valence-electron chi connectivity index (χ0n) is 63.2. The van der Waals surface area contributed by atoms with Crippen molar-refractivity contribution in [3.05, 3.63) is 156 Å². The number of aliphatic imine (C=N–C) groups is 2. The summed E-state index contributed by atoms with van der Waals surface area (Å²) < 4.78 is 0. The van der Waals surface area contributed by atoms with E-state index in [-0.39, 0.29) is 151 Å². The number of benzene rings is 6. The third-order valence-corrected chi connectivity index (χ3v) is 19.5. The predicted molar refractivity (Wildman–Crippen MR) is 422 cm³/mol. The number of aromatic hydroxyl groups is 2. The number of nitrogens with two attached hydrogens (primary N) is 4. The smallest absolute Gasteiger partial charge is 0.245 e. The van der Waals surface area contributed by atoms with Crippen molar-refractivity contribution in [1.82, 2.24) is 63.0 Å². The first-order valence-electron chi connectivity index (χ1n) is 37.8. The minimum Gasteiger partial charge on any atom is -0.508 e. The van der Waals surface area contributed by atoms with Crippen LogP contribution in [0.4, 0.5) is 0 Å². The summed E-state index contributed by atoms with van der Waals surface area (Å²) in [6, 6.07) is 28.3. The summed E-state index contributed by atoms with van der Waals surface area (Å²) in [6.07, 6.45) is 2.91. The zero-order chi connectivity index (χ0) is 80.6. The van der Waals surface area contributed by atoms with Gasteiger partial charge in [-0.2, -0.15) is 0 Å². The van der Waals surface area contributed by atoms with Crippen LogP contribution in [0.1, 0.15) is 112 Å². The number of phenolic OH excluding ortho intramolecular Hbond substituents is 2. The number of unbranched alkanes of at least 4 members (excludes halogenated alkanes) is 3. The van der Waals surface area contributed by atoms with Gasteiger partial charge in [-0.1, -0.05) is 122 Å². The van der Waals surface area contributed by atoms with E-state index in [1.807, 2.05) is 84.9 Å². The second-order valence-corrected chi connectivity index (χ2v) is 28.2. The van der Waals surface area contributed by atoms with Gasteiger partial charge in [0.15, 0.2) is 11.9 Å². The minimum atomic E-state index is -1.29. The van der Waals surface area contributed by atoms with E-state index in [1.54, 1.807) is 24.3 Å². The lowest BCUT2D eigenvalue weighted by atomic mass is 10.00. The Morgan fingerprint density at radius 2 is 0.741 bits per heavy atom. The number of hydrogen-bond acceptors (Lipinski definition) is 16. The van der Waals surface area contributed by atoms with E-state index >= 15 is 0 Å². The van der Waals surface area contributed by atoms with Gasteiger partial charge in [-0.15, -0.1) is 0 Å². The van der Waals surface area contributed by atoms with Crippen LogP contribution >= 0.6 is 0 Å². The topological polar surface area (TPSA) is 501 Å². The van der Waals surface area contributed by atoms with Gasteiger partial charge in [0.1, 0.15) is 59.8 Å². The maximum Gasteiger partial charge on any atom is 0.245 e. The van der Waals surface area contributed by atoms with Gasteiger partial charge >= 0.3 is 0 Å².